The Labute approximate surface area is 222 Å². The van der Waals surface area contributed by atoms with Crippen molar-refractivity contribution in [2.24, 2.45) is 4.99 Å². The summed E-state index contributed by atoms with van der Waals surface area (Å²) in [6.45, 7) is 0.603. The summed E-state index contributed by atoms with van der Waals surface area (Å²) >= 11 is 0.915. The number of alkyl halides is 6. The molecule has 1 aromatic carbocycles. The summed E-state index contributed by atoms with van der Waals surface area (Å²) in [6, 6.07) is 3.68. The number of rotatable bonds is 6. The zero-order valence-electron chi connectivity index (χ0n) is 20.3. The largest absolute Gasteiger partial charge is 0.487 e. The number of benzene rings is 1. The molecule has 1 fully saturated rings. The number of aromatic nitrogens is 1. The van der Waals surface area contributed by atoms with E-state index in [9.17, 15) is 35.5 Å². The molecule has 4 rings (SSSR count). The van der Waals surface area contributed by atoms with Crippen molar-refractivity contribution in [2.75, 3.05) is 36.8 Å². The van der Waals surface area contributed by atoms with Gasteiger partial charge in [0.15, 0.2) is 11.6 Å². The number of aryl methyl sites for hydroxylation is 1. The van der Waals surface area contributed by atoms with Crippen LogP contribution in [-0.4, -0.2) is 65.7 Å². The van der Waals surface area contributed by atoms with Crippen molar-refractivity contribution < 1.29 is 40.3 Å². The lowest BCUT2D eigenvalue weighted by Gasteiger charge is -2.32. The second kappa shape index (κ2) is 11.4. The van der Waals surface area contributed by atoms with Gasteiger partial charge >= 0.3 is 12.4 Å². The molecular formula is C23H23F7N6O2S. The fraction of sp³-hybridized carbons (Fsp3) is 0.435. The molecule has 0 radical (unpaired) electrons. The predicted molar refractivity (Wildman–Crippen MR) is 131 cm³/mol. The first-order chi connectivity index (χ1) is 18.3. The maximum atomic E-state index is 14.4. The van der Waals surface area contributed by atoms with Crippen molar-refractivity contribution in [1.82, 2.24) is 14.6 Å². The minimum atomic E-state index is -4.57. The molecule has 3 N–H and O–H groups in total. The lowest BCUT2D eigenvalue weighted by atomic mass is 10.1. The first-order valence-corrected chi connectivity index (χ1v) is 12.4. The number of nitrogens with one attached hydrogen (secondary N) is 3. The van der Waals surface area contributed by atoms with Gasteiger partial charge in [0.1, 0.15) is 22.6 Å². The van der Waals surface area contributed by atoms with E-state index in [1.807, 2.05) is 0 Å². The standard InChI is InChI=1S/C23H23F7N6O2S/c1-12-19(21(39-35-12)34-18-10-31-17(9-32-18)23(28,29)30)20(37)33-13-2-3-15(24)16(8-13)38-14-4-6-36(7-5-14)11-22(25,26)27/h2-3,8-9,14,31H,4-7,10-11H2,1H3,(H,32,34)(H,33,37). The molecule has 0 bridgehead atoms. The molecule has 0 atom stereocenters. The Bertz CT molecular complexity index is 1270. The van der Waals surface area contributed by atoms with Crippen LogP contribution in [0.1, 0.15) is 28.9 Å². The molecule has 1 aromatic heterocycles. The zero-order valence-corrected chi connectivity index (χ0v) is 21.2. The van der Waals surface area contributed by atoms with Crippen LogP contribution in [0.4, 0.5) is 41.4 Å². The van der Waals surface area contributed by atoms with Crippen LogP contribution >= 0.6 is 11.5 Å². The van der Waals surface area contributed by atoms with Gasteiger partial charge < -0.3 is 20.7 Å². The Balaban J connectivity index is 1.40. The maximum absolute atomic E-state index is 14.4. The number of allylic oxidation sites excluding steroid dienone is 1. The molecule has 2 aliphatic heterocycles. The highest BCUT2D eigenvalue weighted by Crippen LogP contribution is 2.30. The number of aliphatic imine (C=N–C) groups is 1. The van der Waals surface area contributed by atoms with Crippen LogP contribution in [0.5, 0.6) is 5.75 Å². The first kappa shape index (κ1) is 28.6. The van der Waals surface area contributed by atoms with Gasteiger partial charge in [0.25, 0.3) is 5.91 Å². The fourth-order valence-corrected chi connectivity index (χ4v) is 4.81. The number of ether oxygens (including phenoxy) is 1. The Morgan fingerprint density at radius 1 is 1.21 bits per heavy atom. The summed E-state index contributed by atoms with van der Waals surface area (Å²) in [4.78, 5) is 18.1. The highest BCUT2D eigenvalue weighted by Gasteiger charge is 2.35. The minimum absolute atomic E-state index is 0.122. The summed E-state index contributed by atoms with van der Waals surface area (Å²) in [7, 11) is 0. The van der Waals surface area contributed by atoms with Gasteiger partial charge in [-0.2, -0.15) is 30.7 Å². The molecule has 0 saturated carbocycles. The summed E-state index contributed by atoms with van der Waals surface area (Å²) in [5, 5.41) is 7.89. The van der Waals surface area contributed by atoms with Gasteiger partial charge in [0.05, 0.1) is 30.5 Å². The maximum Gasteiger partial charge on any atom is 0.432 e. The molecule has 8 nitrogen and oxygen atoms in total. The molecule has 1 saturated heterocycles. The molecule has 2 aliphatic rings. The number of carbonyl (C=O) groups excluding carboxylic acids is 1. The van der Waals surface area contributed by atoms with Crippen molar-refractivity contribution in [1.29, 1.82) is 0 Å². The van der Waals surface area contributed by atoms with E-state index in [0.717, 1.165) is 17.6 Å². The molecule has 212 valence electrons. The molecular weight excluding hydrogens is 557 g/mol. The number of piperidine rings is 1. The molecule has 0 unspecified atom stereocenters. The number of anilines is 2. The van der Waals surface area contributed by atoms with E-state index in [4.69, 9.17) is 4.74 Å². The van der Waals surface area contributed by atoms with Crippen LogP contribution in [-0.2, 0) is 0 Å². The van der Waals surface area contributed by atoms with E-state index in [2.05, 4.69) is 25.3 Å². The van der Waals surface area contributed by atoms with Crippen LogP contribution in [0.3, 0.4) is 0 Å². The number of likely N-dealkylation sites (tertiary alicyclic amines) is 1. The van der Waals surface area contributed by atoms with Crippen LogP contribution in [0.15, 0.2) is 35.1 Å². The van der Waals surface area contributed by atoms with Crippen molar-refractivity contribution in [3.63, 3.8) is 0 Å². The van der Waals surface area contributed by atoms with Gasteiger partial charge in [-0.15, -0.1) is 0 Å². The van der Waals surface area contributed by atoms with Gasteiger partial charge in [-0.25, -0.2) is 9.38 Å². The summed E-state index contributed by atoms with van der Waals surface area (Å²) < 4.78 is 100. The van der Waals surface area contributed by atoms with Gasteiger partial charge in [-0.05, 0) is 43.4 Å². The van der Waals surface area contributed by atoms with Crippen LogP contribution in [0, 0.1) is 12.7 Å². The van der Waals surface area contributed by atoms with Gasteiger partial charge in [-0.1, -0.05) is 0 Å². The fourth-order valence-electron chi connectivity index (χ4n) is 4.00. The van der Waals surface area contributed by atoms with Gasteiger partial charge in [0, 0.05) is 24.8 Å². The smallest absolute Gasteiger partial charge is 0.432 e. The second-order valence-electron chi connectivity index (χ2n) is 8.87. The minimum Gasteiger partial charge on any atom is -0.487 e. The van der Waals surface area contributed by atoms with Gasteiger partial charge in [-0.3, -0.25) is 9.69 Å². The van der Waals surface area contributed by atoms with Crippen molar-refractivity contribution in [2.45, 2.75) is 38.2 Å². The Morgan fingerprint density at radius 2 is 1.92 bits per heavy atom. The predicted octanol–water partition coefficient (Wildman–Crippen LogP) is 5.07. The normalized spacial score (nSPS) is 17.2. The zero-order chi connectivity index (χ0) is 28.4. The number of amidine groups is 1. The molecule has 1 amide bonds. The van der Waals surface area contributed by atoms with Crippen LogP contribution < -0.4 is 20.7 Å². The van der Waals surface area contributed by atoms with Crippen LogP contribution in [0.2, 0.25) is 0 Å². The average Bonchev–Trinajstić information content (AvgIpc) is 3.21. The molecule has 0 spiro atoms. The number of halogens is 7. The molecule has 3 heterocycles. The lowest BCUT2D eigenvalue weighted by Crippen LogP contribution is -2.42. The number of carbonyl (C=O) groups is 1. The van der Waals surface area contributed by atoms with E-state index < -0.39 is 42.4 Å². The van der Waals surface area contributed by atoms with Crippen LogP contribution in [0.25, 0.3) is 0 Å². The summed E-state index contributed by atoms with van der Waals surface area (Å²) in [5.41, 5.74) is -0.332. The third kappa shape index (κ3) is 7.59. The number of hydrogen-bond acceptors (Lipinski definition) is 8. The van der Waals surface area contributed by atoms with Crippen molar-refractivity contribution >= 4 is 34.0 Å². The summed E-state index contributed by atoms with van der Waals surface area (Å²) in [6.07, 6.45) is -8.17. The Kier molecular flexibility index (Phi) is 8.34. The topological polar surface area (TPSA) is 90.9 Å². The Morgan fingerprint density at radius 3 is 2.54 bits per heavy atom. The molecule has 39 heavy (non-hydrogen) atoms. The molecule has 0 aliphatic carbocycles. The van der Waals surface area contributed by atoms with Gasteiger partial charge in [0.2, 0.25) is 0 Å². The van der Waals surface area contributed by atoms with E-state index in [1.54, 1.807) is 6.92 Å². The van der Waals surface area contributed by atoms with E-state index in [1.165, 1.54) is 17.0 Å². The Hall–Kier alpha value is -3.40. The molecule has 2 aromatic rings. The molecule has 16 heteroatoms. The van der Waals surface area contributed by atoms with E-state index >= 15 is 0 Å². The first-order valence-electron chi connectivity index (χ1n) is 11.7. The highest BCUT2D eigenvalue weighted by molar-refractivity contribution is 7.11. The second-order valence-corrected chi connectivity index (χ2v) is 9.65. The van der Waals surface area contributed by atoms with Crippen molar-refractivity contribution in [3.05, 3.63) is 47.2 Å². The number of nitrogens with zero attached hydrogens (tertiary/aromatic N) is 3. The summed E-state index contributed by atoms with van der Waals surface area (Å²) in [5.74, 6) is -1.33. The number of hydrogen-bond donors (Lipinski definition) is 3. The SMILES string of the molecule is Cc1nsc(NC2=NC=C(C(F)(F)F)NC2)c1C(=O)Nc1ccc(F)c(OC2CCN(CC(F)(F)F)CC2)c1. The average molecular weight is 581 g/mol. The highest BCUT2D eigenvalue weighted by atomic mass is 32.1. The number of amides is 1. The third-order valence-corrected chi connectivity index (χ3v) is 6.72. The van der Waals surface area contributed by atoms with E-state index in [0.29, 0.717) is 11.9 Å². The monoisotopic (exact) mass is 580 g/mol. The van der Waals surface area contributed by atoms with Crippen molar-refractivity contribution in [3.8, 4) is 5.75 Å². The quantitative estimate of drug-likeness (QED) is 0.414. The van der Waals surface area contributed by atoms with E-state index in [-0.39, 0.29) is 60.3 Å². The third-order valence-electron chi connectivity index (χ3n) is 5.87. The lowest BCUT2D eigenvalue weighted by molar-refractivity contribution is -0.149.